The lowest BCUT2D eigenvalue weighted by molar-refractivity contribution is 0.178. The number of fused-ring (bicyclic) bond motifs is 1. The van der Waals surface area contributed by atoms with E-state index < -0.39 is 10.0 Å². The van der Waals surface area contributed by atoms with Gasteiger partial charge in [0, 0.05) is 36.1 Å². The van der Waals surface area contributed by atoms with Gasteiger partial charge < -0.3 is 4.98 Å². The summed E-state index contributed by atoms with van der Waals surface area (Å²) in [6, 6.07) is 6.21. The molecule has 3 aromatic rings. The zero-order valence-corrected chi connectivity index (χ0v) is 18.5. The van der Waals surface area contributed by atoms with Crippen molar-refractivity contribution in [3.05, 3.63) is 55.9 Å². The molecule has 4 rings (SSSR count). The van der Waals surface area contributed by atoms with Crippen molar-refractivity contribution < 1.29 is 8.42 Å². The standard InChI is InChI=1S/C19H21ClN4O3S2/c1-12-13(2)28-19-17(12)18(25)21-16(22-19)11-23-7-9-24(10-8-23)29(26,27)15-5-3-14(20)4-6-15/h3-6H,7-11H2,1-2H3,(H,21,22,25). The maximum atomic E-state index is 12.8. The molecule has 0 unspecified atom stereocenters. The van der Waals surface area contributed by atoms with E-state index in [1.54, 1.807) is 12.1 Å². The molecule has 1 aliphatic heterocycles. The van der Waals surface area contributed by atoms with Gasteiger partial charge >= 0.3 is 0 Å². The second-order valence-electron chi connectivity index (χ2n) is 7.11. The first-order valence-corrected chi connectivity index (χ1v) is 11.9. The molecule has 0 spiro atoms. The van der Waals surface area contributed by atoms with Crippen molar-refractivity contribution in [1.82, 2.24) is 19.2 Å². The highest BCUT2D eigenvalue weighted by Crippen LogP contribution is 2.26. The third-order valence-corrected chi connectivity index (χ3v) is 8.51. The van der Waals surface area contributed by atoms with Gasteiger partial charge in [-0.1, -0.05) is 11.6 Å². The molecule has 1 saturated heterocycles. The number of rotatable bonds is 4. The Bertz CT molecular complexity index is 1210. The molecule has 0 radical (unpaired) electrons. The zero-order valence-electron chi connectivity index (χ0n) is 16.1. The Balaban J connectivity index is 1.46. The number of benzene rings is 1. The Hall–Kier alpha value is -1.78. The molecule has 0 amide bonds. The van der Waals surface area contributed by atoms with Crippen LogP contribution in [0.2, 0.25) is 5.02 Å². The summed E-state index contributed by atoms with van der Waals surface area (Å²) in [4.78, 5) is 24.1. The number of hydrogen-bond acceptors (Lipinski definition) is 6. The van der Waals surface area contributed by atoms with E-state index in [9.17, 15) is 13.2 Å². The van der Waals surface area contributed by atoms with E-state index in [1.807, 2.05) is 13.8 Å². The number of aromatic nitrogens is 2. The Morgan fingerprint density at radius 1 is 1.14 bits per heavy atom. The number of aromatic amines is 1. The summed E-state index contributed by atoms with van der Waals surface area (Å²) >= 11 is 7.38. The average molecular weight is 453 g/mol. The molecule has 0 saturated carbocycles. The minimum Gasteiger partial charge on any atom is -0.309 e. The Labute approximate surface area is 178 Å². The fourth-order valence-electron chi connectivity index (χ4n) is 3.47. The highest BCUT2D eigenvalue weighted by molar-refractivity contribution is 7.89. The molecular weight excluding hydrogens is 432 g/mol. The monoisotopic (exact) mass is 452 g/mol. The first-order chi connectivity index (χ1) is 13.8. The van der Waals surface area contributed by atoms with Crippen molar-refractivity contribution in [1.29, 1.82) is 0 Å². The molecule has 0 atom stereocenters. The van der Waals surface area contributed by atoms with Gasteiger partial charge in [0.25, 0.3) is 5.56 Å². The van der Waals surface area contributed by atoms with Crippen LogP contribution in [-0.2, 0) is 16.6 Å². The van der Waals surface area contributed by atoms with E-state index in [0.29, 0.717) is 49.0 Å². The summed E-state index contributed by atoms with van der Waals surface area (Å²) in [6.07, 6.45) is 0. The molecule has 10 heteroatoms. The number of aryl methyl sites for hydroxylation is 2. The molecule has 7 nitrogen and oxygen atoms in total. The number of thiophene rings is 1. The molecule has 2 aromatic heterocycles. The predicted molar refractivity (Wildman–Crippen MR) is 115 cm³/mol. The topological polar surface area (TPSA) is 86.4 Å². The van der Waals surface area contributed by atoms with Crippen molar-refractivity contribution in [3.63, 3.8) is 0 Å². The van der Waals surface area contributed by atoms with Crippen LogP contribution in [0.5, 0.6) is 0 Å². The third kappa shape index (κ3) is 3.97. The van der Waals surface area contributed by atoms with Crippen LogP contribution in [-0.4, -0.2) is 53.8 Å². The number of sulfonamides is 1. The van der Waals surface area contributed by atoms with Crippen LogP contribution in [0.3, 0.4) is 0 Å². The van der Waals surface area contributed by atoms with Crippen LogP contribution < -0.4 is 5.56 Å². The number of halogens is 1. The maximum absolute atomic E-state index is 12.8. The van der Waals surface area contributed by atoms with E-state index in [-0.39, 0.29) is 10.5 Å². The number of nitrogens with one attached hydrogen (secondary N) is 1. The highest BCUT2D eigenvalue weighted by atomic mass is 35.5. The van der Waals surface area contributed by atoms with E-state index in [2.05, 4.69) is 14.9 Å². The lowest BCUT2D eigenvalue weighted by atomic mass is 10.2. The van der Waals surface area contributed by atoms with Crippen LogP contribution in [0, 0.1) is 13.8 Å². The van der Waals surface area contributed by atoms with E-state index in [1.165, 1.54) is 27.8 Å². The molecule has 29 heavy (non-hydrogen) atoms. The Morgan fingerprint density at radius 3 is 2.45 bits per heavy atom. The van der Waals surface area contributed by atoms with E-state index >= 15 is 0 Å². The van der Waals surface area contributed by atoms with Crippen LogP contribution in [0.25, 0.3) is 10.2 Å². The summed E-state index contributed by atoms with van der Waals surface area (Å²) < 4.78 is 27.1. The summed E-state index contributed by atoms with van der Waals surface area (Å²) in [7, 11) is -3.54. The second kappa shape index (κ2) is 7.81. The number of nitrogens with zero attached hydrogens (tertiary/aromatic N) is 3. The zero-order chi connectivity index (χ0) is 20.8. The first kappa shape index (κ1) is 20.5. The molecule has 3 heterocycles. The number of hydrogen-bond donors (Lipinski definition) is 1. The largest absolute Gasteiger partial charge is 0.309 e. The second-order valence-corrected chi connectivity index (χ2v) is 10.7. The van der Waals surface area contributed by atoms with Gasteiger partial charge in [0.15, 0.2) is 0 Å². The molecule has 0 bridgehead atoms. The molecule has 154 valence electrons. The van der Waals surface area contributed by atoms with Gasteiger partial charge in [-0.05, 0) is 43.7 Å². The molecule has 1 fully saturated rings. The lowest BCUT2D eigenvalue weighted by Gasteiger charge is -2.33. The highest BCUT2D eigenvalue weighted by Gasteiger charge is 2.28. The van der Waals surface area contributed by atoms with E-state index in [0.717, 1.165) is 15.3 Å². The summed E-state index contributed by atoms with van der Waals surface area (Å²) in [5.74, 6) is 0.609. The SMILES string of the molecule is Cc1sc2nc(CN3CCN(S(=O)(=O)c4ccc(Cl)cc4)CC3)[nH]c(=O)c2c1C. The maximum Gasteiger partial charge on any atom is 0.259 e. The van der Waals surface area contributed by atoms with Crippen LogP contribution >= 0.6 is 22.9 Å². The summed E-state index contributed by atoms with van der Waals surface area (Å²) in [5, 5.41) is 1.17. The average Bonchev–Trinajstić information content (AvgIpc) is 2.96. The van der Waals surface area contributed by atoms with Gasteiger partial charge in [0.1, 0.15) is 10.7 Å². The molecule has 1 N–H and O–H groups in total. The van der Waals surface area contributed by atoms with Crippen LogP contribution in [0.15, 0.2) is 34.0 Å². The lowest BCUT2D eigenvalue weighted by Crippen LogP contribution is -2.48. The summed E-state index contributed by atoms with van der Waals surface area (Å²) in [5.41, 5.74) is 0.863. The number of H-pyrrole nitrogens is 1. The quantitative estimate of drug-likeness (QED) is 0.657. The minimum atomic E-state index is -3.54. The fourth-order valence-corrected chi connectivity index (χ4v) is 6.07. The van der Waals surface area contributed by atoms with Gasteiger partial charge in [0.05, 0.1) is 16.8 Å². The van der Waals surface area contributed by atoms with E-state index in [4.69, 9.17) is 11.6 Å². The van der Waals surface area contributed by atoms with Gasteiger partial charge in [-0.2, -0.15) is 4.31 Å². The molecule has 0 aliphatic carbocycles. The van der Waals surface area contributed by atoms with Crippen molar-refractivity contribution in [2.75, 3.05) is 26.2 Å². The predicted octanol–water partition coefficient (Wildman–Crippen LogP) is 2.76. The smallest absolute Gasteiger partial charge is 0.259 e. The Morgan fingerprint density at radius 2 is 1.79 bits per heavy atom. The van der Waals surface area contributed by atoms with Crippen molar-refractivity contribution >= 4 is 43.2 Å². The Kier molecular flexibility index (Phi) is 5.52. The third-order valence-electron chi connectivity index (χ3n) is 5.24. The van der Waals surface area contributed by atoms with Crippen molar-refractivity contribution in [2.24, 2.45) is 0 Å². The fraction of sp³-hybridized carbons (Fsp3) is 0.368. The molecule has 1 aliphatic rings. The van der Waals surface area contributed by atoms with Crippen LogP contribution in [0.4, 0.5) is 0 Å². The van der Waals surface area contributed by atoms with Gasteiger partial charge in [-0.15, -0.1) is 11.3 Å². The van der Waals surface area contributed by atoms with Gasteiger partial charge in [-0.25, -0.2) is 13.4 Å². The van der Waals surface area contributed by atoms with Crippen LogP contribution in [0.1, 0.15) is 16.3 Å². The van der Waals surface area contributed by atoms with Gasteiger partial charge in [0.2, 0.25) is 10.0 Å². The van der Waals surface area contributed by atoms with Gasteiger partial charge in [-0.3, -0.25) is 9.69 Å². The first-order valence-electron chi connectivity index (χ1n) is 9.22. The molecule has 1 aromatic carbocycles. The minimum absolute atomic E-state index is 0.115. The summed E-state index contributed by atoms with van der Waals surface area (Å²) in [6.45, 7) is 6.31. The number of piperazine rings is 1. The molecular formula is C19H21ClN4O3S2. The normalized spacial score (nSPS) is 16.5. The van der Waals surface area contributed by atoms with Crippen molar-refractivity contribution in [2.45, 2.75) is 25.3 Å². The van der Waals surface area contributed by atoms with Crippen molar-refractivity contribution in [3.8, 4) is 0 Å².